The van der Waals surface area contributed by atoms with Crippen molar-refractivity contribution >= 4 is 49.9 Å². The fourth-order valence-electron chi connectivity index (χ4n) is 2.83. The van der Waals surface area contributed by atoms with E-state index in [4.69, 9.17) is 23.2 Å². The first-order valence-electron chi connectivity index (χ1n) is 9.70. The molecule has 0 heterocycles. The molecule has 0 fully saturated rings. The van der Waals surface area contributed by atoms with Crippen molar-refractivity contribution in [3.63, 3.8) is 0 Å². The topological polar surface area (TPSA) is 57.7 Å². The second-order valence-electron chi connectivity index (χ2n) is 7.37. The van der Waals surface area contributed by atoms with E-state index in [-0.39, 0.29) is 11.8 Å². The van der Waals surface area contributed by atoms with Gasteiger partial charge >= 0.3 is 0 Å². The van der Waals surface area contributed by atoms with Crippen molar-refractivity contribution < 1.29 is 12.6 Å². The van der Waals surface area contributed by atoms with Crippen LogP contribution in [0.1, 0.15) is 32.3 Å². The monoisotopic (exact) mass is 490 g/mol. The number of nitrogens with zero attached hydrogens (tertiary/aromatic N) is 2. The molecular formula is C21H28Cl2N2O3S2. The van der Waals surface area contributed by atoms with Crippen LogP contribution in [0.4, 0.5) is 5.69 Å². The summed E-state index contributed by atoms with van der Waals surface area (Å²) >= 11 is 12.2. The number of rotatable bonds is 10. The molecule has 2 aromatic carbocycles. The molecule has 2 rings (SSSR count). The summed E-state index contributed by atoms with van der Waals surface area (Å²) in [5.74, 6) is 0.0532. The van der Waals surface area contributed by atoms with Gasteiger partial charge in [0, 0.05) is 29.7 Å². The van der Waals surface area contributed by atoms with Crippen LogP contribution in [0.2, 0.25) is 10.0 Å². The van der Waals surface area contributed by atoms with E-state index in [1.165, 1.54) is 4.31 Å². The van der Waals surface area contributed by atoms with Crippen molar-refractivity contribution in [2.45, 2.75) is 44.6 Å². The number of hydrogen-bond acceptors (Lipinski definition) is 3. The molecule has 1 atom stereocenters. The molecule has 0 radical (unpaired) electrons. The molecule has 0 spiro atoms. The Balaban J connectivity index is 2.19. The summed E-state index contributed by atoms with van der Waals surface area (Å²) in [4.78, 5) is 0.617. The predicted molar refractivity (Wildman–Crippen MR) is 127 cm³/mol. The van der Waals surface area contributed by atoms with Gasteiger partial charge in [-0.15, -0.1) is 0 Å². The van der Waals surface area contributed by atoms with Gasteiger partial charge in [0.15, 0.2) is 11.0 Å². The molecule has 0 N–H and O–H groups in total. The maximum absolute atomic E-state index is 13.3. The highest BCUT2D eigenvalue weighted by atomic mass is 35.5. The third-order valence-electron chi connectivity index (χ3n) is 4.83. The van der Waals surface area contributed by atoms with E-state index < -0.39 is 21.0 Å². The number of benzene rings is 2. The van der Waals surface area contributed by atoms with Crippen LogP contribution >= 0.6 is 23.2 Å². The Labute approximate surface area is 192 Å². The summed E-state index contributed by atoms with van der Waals surface area (Å²) in [6, 6.07) is 12.2. The van der Waals surface area contributed by atoms with Crippen LogP contribution in [0.25, 0.3) is 0 Å². The van der Waals surface area contributed by atoms with Crippen LogP contribution in [0.15, 0.2) is 47.4 Å². The molecule has 0 saturated heterocycles. The average molecular weight is 492 g/mol. The summed E-state index contributed by atoms with van der Waals surface area (Å²) in [5, 5.41) is 1.12. The van der Waals surface area contributed by atoms with Crippen molar-refractivity contribution in [3.05, 3.63) is 58.1 Å². The van der Waals surface area contributed by atoms with Crippen LogP contribution < -0.4 is 4.31 Å². The summed E-state index contributed by atoms with van der Waals surface area (Å²) in [7, 11) is -3.20. The standard InChI is InChI=1S/C21H28Cl2N2O3S2/c1-16(2)24(4)30(27,28)14-6-5-13-25(21-15-19(23)8-7-17(21)3)29(26)20-11-9-18(22)10-12-20/h7-12,15-16H,5-6,13-14H2,1-4H3. The highest BCUT2D eigenvalue weighted by molar-refractivity contribution is 7.89. The fraction of sp³-hybridized carbons (Fsp3) is 0.429. The first kappa shape index (κ1) is 25.1. The van der Waals surface area contributed by atoms with Gasteiger partial charge in [-0.05, 0) is 75.6 Å². The van der Waals surface area contributed by atoms with Crippen LogP contribution in [0.3, 0.4) is 0 Å². The van der Waals surface area contributed by atoms with Crippen LogP contribution in [-0.2, 0) is 21.0 Å². The Morgan fingerprint density at radius 3 is 2.20 bits per heavy atom. The van der Waals surface area contributed by atoms with Gasteiger partial charge in [-0.1, -0.05) is 29.3 Å². The van der Waals surface area contributed by atoms with Gasteiger partial charge < -0.3 is 0 Å². The van der Waals surface area contributed by atoms with Crippen molar-refractivity contribution in [2.24, 2.45) is 0 Å². The second kappa shape index (κ2) is 11.0. The van der Waals surface area contributed by atoms with Crippen LogP contribution in [0.5, 0.6) is 0 Å². The quantitative estimate of drug-likeness (QED) is 0.425. The summed E-state index contributed by atoms with van der Waals surface area (Å²) in [5.41, 5.74) is 1.70. The van der Waals surface area contributed by atoms with E-state index in [1.807, 2.05) is 26.8 Å². The van der Waals surface area contributed by atoms with Gasteiger partial charge in [-0.25, -0.2) is 16.9 Å². The Morgan fingerprint density at radius 2 is 1.60 bits per heavy atom. The zero-order valence-corrected chi connectivity index (χ0v) is 20.8. The van der Waals surface area contributed by atoms with Gasteiger partial charge in [0.1, 0.15) is 0 Å². The number of unbranched alkanes of at least 4 members (excludes halogenated alkanes) is 1. The first-order valence-corrected chi connectivity index (χ1v) is 13.2. The molecule has 166 valence electrons. The van der Waals surface area contributed by atoms with Gasteiger partial charge in [-0.2, -0.15) is 0 Å². The Hall–Kier alpha value is -1.12. The van der Waals surface area contributed by atoms with E-state index in [2.05, 4.69) is 0 Å². The van der Waals surface area contributed by atoms with Crippen molar-refractivity contribution in [3.8, 4) is 0 Å². The molecule has 1 unspecified atom stereocenters. The summed E-state index contributed by atoms with van der Waals surface area (Å²) in [6.07, 6.45) is 1.03. The lowest BCUT2D eigenvalue weighted by molar-refractivity contribution is 0.409. The lowest BCUT2D eigenvalue weighted by atomic mass is 10.2. The number of anilines is 1. The van der Waals surface area contributed by atoms with E-state index in [1.54, 1.807) is 47.8 Å². The predicted octanol–water partition coefficient (Wildman–Crippen LogP) is 5.28. The molecule has 5 nitrogen and oxygen atoms in total. The van der Waals surface area contributed by atoms with Crippen molar-refractivity contribution in [2.75, 3.05) is 23.7 Å². The second-order valence-corrected chi connectivity index (χ2v) is 11.8. The summed E-state index contributed by atoms with van der Waals surface area (Å²) in [6.45, 7) is 6.05. The lowest BCUT2D eigenvalue weighted by Crippen LogP contribution is -2.35. The van der Waals surface area contributed by atoms with Gasteiger partial charge in [0.05, 0.1) is 16.3 Å². The Kier molecular flexibility index (Phi) is 9.18. The molecular weight excluding hydrogens is 463 g/mol. The fourth-order valence-corrected chi connectivity index (χ4v) is 5.91. The molecule has 0 bridgehead atoms. The first-order chi connectivity index (χ1) is 14.0. The third-order valence-corrected chi connectivity index (χ3v) is 8.88. The minimum Gasteiger partial charge on any atom is -0.287 e. The normalized spacial score (nSPS) is 13.1. The molecule has 30 heavy (non-hydrogen) atoms. The van der Waals surface area contributed by atoms with Crippen molar-refractivity contribution in [1.82, 2.24) is 4.31 Å². The minimum absolute atomic E-state index is 0.0532. The number of aryl methyl sites for hydroxylation is 1. The van der Waals surface area contributed by atoms with Gasteiger partial charge in [0.2, 0.25) is 10.0 Å². The molecule has 0 aliphatic heterocycles. The molecule has 2 aromatic rings. The van der Waals surface area contributed by atoms with Crippen LogP contribution in [-0.4, -0.2) is 42.3 Å². The number of hydrogen-bond donors (Lipinski definition) is 0. The molecule has 0 aromatic heterocycles. The zero-order chi connectivity index (χ0) is 22.5. The van der Waals surface area contributed by atoms with Crippen molar-refractivity contribution in [1.29, 1.82) is 0 Å². The smallest absolute Gasteiger partial charge is 0.214 e. The molecule has 0 aliphatic carbocycles. The van der Waals surface area contributed by atoms with E-state index in [0.717, 1.165) is 11.3 Å². The third kappa shape index (κ3) is 6.69. The highest BCUT2D eigenvalue weighted by Gasteiger charge is 2.22. The SMILES string of the molecule is Cc1ccc(Cl)cc1N(CCCCS(=O)(=O)N(C)C(C)C)S(=O)c1ccc(Cl)cc1. The Bertz CT molecular complexity index is 980. The van der Waals surface area contributed by atoms with E-state index in [0.29, 0.717) is 34.3 Å². The maximum atomic E-state index is 13.3. The van der Waals surface area contributed by atoms with Gasteiger partial charge in [0.25, 0.3) is 0 Å². The largest absolute Gasteiger partial charge is 0.287 e. The Morgan fingerprint density at radius 1 is 1.00 bits per heavy atom. The minimum atomic E-state index is -3.31. The van der Waals surface area contributed by atoms with E-state index in [9.17, 15) is 12.6 Å². The number of halogens is 2. The van der Waals surface area contributed by atoms with Gasteiger partial charge in [-0.3, -0.25) is 4.31 Å². The average Bonchev–Trinajstić information content (AvgIpc) is 2.69. The molecule has 0 saturated carbocycles. The molecule has 0 aliphatic rings. The number of sulfonamides is 1. The highest BCUT2D eigenvalue weighted by Crippen LogP contribution is 2.28. The summed E-state index contributed by atoms with van der Waals surface area (Å²) < 4.78 is 41.3. The van der Waals surface area contributed by atoms with Crippen LogP contribution in [0, 0.1) is 6.92 Å². The maximum Gasteiger partial charge on any atom is 0.214 e. The molecule has 0 amide bonds. The lowest BCUT2D eigenvalue weighted by Gasteiger charge is -2.26. The molecule has 9 heteroatoms. The van der Waals surface area contributed by atoms with E-state index >= 15 is 0 Å². The zero-order valence-electron chi connectivity index (χ0n) is 17.6.